The minimum Gasteiger partial charge on any atom is -0.490 e. The van der Waals surface area contributed by atoms with Gasteiger partial charge in [0.05, 0.1) is 13.2 Å². The number of carbonyl (C=O) groups excluding carboxylic acids is 1. The van der Waals surface area contributed by atoms with Gasteiger partial charge in [0.2, 0.25) is 5.91 Å². The molecule has 2 fully saturated rings. The van der Waals surface area contributed by atoms with E-state index in [1.54, 1.807) is 0 Å². The zero-order chi connectivity index (χ0) is 16.5. The van der Waals surface area contributed by atoms with Gasteiger partial charge in [-0.05, 0) is 55.2 Å². The van der Waals surface area contributed by atoms with E-state index in [0.717, 1.165) is 49.2 Å². The molecule has 1 aromatic carbocycles. The first-order valence-electron chi connectivity index (χ1n) is 9.12. The van der Waals surface area contributed by atoms with Crippen molar-refractivity contribution in [3.8, 4) is 11.5 Å². The number of carbonyl (C=O) groups is 1. The molecule has 5 heteroatoms. The summed E-state index contributed by atoms with van der Waals surface area (Å²) < 4.78 is 11.4. The van der Waals surface area contributed by atoms with Crippen LogP contribution in [0.25, 0.3) is 0 Å². The Morgan fingerprint density at radius 3 is 2.79 bits per heavy atom. The first-order chi connectivity index (χ1) is 11.7. The fraction of sp³-hybridized carbons (Fsp3) is 0.632. The number of ether oxygens (including phenoxy) is 2. The molecule has 2 saturated carbocycles. The number of amides is 1. The lowest BCUT2D eigenvalue weighted by atomic mass is 9.72. The van der Waals surface area contributed by atoms with Gasteiger partial charge in [-0.15, -0.1) is 0 Å². The first kappa shape index (κ1) is 15.8. The topological polar surface area (TPSA) is 73.6 Å². The molecule has 1 aliphatic heterocycles. The summed E-state index contributed by atoms with van der Waals surface area (Å²) in [7, 11) is 0. The molecule has 5 nitrogen and oxygen atoms in total. The summed E-state index contributed by atoms with van der Waals surface area (Å²) >= 11 is 0. The standard InChI is InChI=1S/C19H26N2O3/c20-16-11-13-9-14(10-15(13)16)19(22)21-5-4-12-2-3-17-18(8-12)24-7-1-6-23-17/h2-3,8,13-16H,1,4-7,9-11,20H2,(H,21,22)/t13-,14?,15-,16+/m0/s1. The fourth-order valence-corrected chi connectivity index (χ4v) is 4.33. The van der Waals surface area contributed by atoms with Crippen LogP contribution in [0.3, 0.4) is 0 Å². The van der Waals surface area contributed by atoms with E-state index >= 15 is 0 Å². The van der Waals surface area contributed by atoms with E-state index in [4.69, 9.17) is 15.2 Å². The van der Waals surface area contributed by atoms with E-state index < -0.39 is 0 Å². The average Bonchev–Trinajstić information content (AvgIpc) is 2.77. The van der Waals surface area contributed by atoms with E-state index in [9.17, 15) is 4.79 Å². The highest BCUT2D eigenvalue weighted by molar-refractivity contribution is 5.79. The Labute approximate surface area is 142 Å². The largest absolute Gasteiger partial charge is 0.490 e. The number of benzene rings is 1. The SMILES string of the molecule is N[C@@H]1C[C@@H]2CC(C(=O)NCCc3ccc4c(c3)OCCCO4)C[C@@H]21. The van der Waals surface area contributed by atoms with Gasteiger partial charge in [-0.3, -0.25) is 4.79 Å². The van der Waals surface area contributed by atoms with E-state index in [0.29, 0.717) is 37.6 Å². The molecular formula is C19H26N2O3. The smallest absolute Gasteiger partial charge is 0.223 e. The van der Waals surface area contributed by atoms with Crippen molar-refractivity contribution in [1.82, 2.24) is 5.32 Å². The van der Waals surface area contributed by atoms with Gasteiger partial charge in [0.1, 0.15) is 0 Å². The maximum absolute atomic E-state index is 12.3. The van der Waals surface area contributed by atoms with E-state index in [2.05, 4.69) is 11.4 Å². The molecule has 1 amide bonds. The van der Waals surface area contributed by atoms with Gasteiger partial charge in [0.25, 0.3) is 0 Å². The number of nitrogens with two attached hydrogens (primary N) is 1. The average molecular weight is 330 g/mol. The fourth-order valence-electron chi connectivity index (χ4n) is 4.33. The second-order valence-electron chi connectivity index (χ2n) is 7.36. The van der Waals surface area contributed by atoms with Gasteiger partial charge in [-0.25, -0.2) is 0 Å². The molecule has 0 aromatic heterocycles. The van der Waals surface area contributed by atoms with Crippen LogP contribution in [0.2, 0.25) is 0 Å². The molecule has 130 valence electrons. The van der Waals surface area contributed by atoms with Crippen molar-refractivity contribution in [2.75, 3.05) is 19.8 Å². The monoisotopic (exact) mass is 330 g/mol. The van der Waals surface area contributed by atoms with E-state index in [-0.39, 0.29) is 11.8 Å². The second-order valence-corrected chi connectivity index (χ2v) is 7.36. The third-order valence-electron chi connectivity index (χ3n) is 5.77. The van der Waals surface area contributed by atoms with Crippen LogP contribution in [0.4, 0.5) is 0 Å². The highest BCUT2D eigenvalue weighted by atomic mass is 16.5. The number of hydrogen-bond acceptors (Lipinski definition) is 4. The summed E-state index contributed by atoms with van der Waals surface area (Å²) in [6, 6.07) is 6.37. The summed E-state index contributed by atoms with van der Waals surface area (Å²) in [5.41, 5.74) is 7.18. The Kier molecular flexibility index (Phi) is 4.35. The van der Waals surface area contributed by atoms with Gasteiger partial charge in [-0.1, -0.05) is 6.07 Å². The quantitative estimate of drug-likeness (QED) is 0.884. The zero-order valence-corrected chi connectivity index (χ0v) is 14.0. The highest BCUT2D eigenvalue weighted by Crippen LogP contribution is 2.48. The number of fused-ring (bicyclic) bond motifs is 2. The number of nitrogens with one attached hydrogen (secondary N) is 1. The number of rotatable bonds is 4. The van der Waals surface area contributed by atoms with Gasteiger partial charge in [0, 0.05) is 24.9 Å². The molecule has 0 saturated heterocycles. The molecule has 2 aliphatic carbocycles. The predicted octanol–water partition coefficient (Wildman–Crippen LogP) is 1.88. The summed E-state index contributed by atoms with van der Waals surface area (Å²) in [6.45, 7) is 2.06. The summed E-state index contributed by atoms with van der Waals surface area (Å²) in [6.07, 6.45) is 4.82. The Morgan fingerprint density at radius 1 is 1.17 bits per heavy atom. The first-order valence-corrected chi connectivity index (χ1v) is 9.12. The second kappa shape index (κ2) is 6.63. The Bertz CT molecular complexity index is 619. The molecule has 3 aliphatic rings. The summed E-state index contributed by atoms with van der Waals surface area (Å²) in [5, 5.41) is 3.10. The van der Waals surface area contributed by atoms with Gasteiger partial charge in [-0.2, -0.15) is 0 Å². The van der Waals surface area contributed by atoms with Crippen molar-refractivity contribution >= 4 is 5.91 Å². The van der Waals surface area contributed by atoms with Crippen LogP contribution in [0, 0.1) is 17.8 Å². The Balaban J connectivity index is 1.27. The van der Waals surface area contributed by atoms with E-state index in [1.165, 1.54) is 0 Å². The van der Waals surface area contributed by atoms with Crippen LogP contribution in [0.5, 0.6) is 11.5 Å². The van der Waals surface area contributed by atoms with Crippen LogP contribution in [-0.2, 0) is 11.2 Å². The molecule has 0 bridgehead atoms. The zero-order valence-electron chi connectivity index (χ0n) is 14.0. The van der Waals surface area contributed by atoms with E-state index in [1.807, 2.05) is 12.1 Å². The van der Waals surface area contributed by atoms with Gasteiger partial charge in [0.15, 0.2) is 11.5 Å². The maximum atomic E-state index is 12.3. The molecule has 0 radical (unpaired) electrons. The van der Waals surface area contributed by atoms with Crippen LogP contribution in [0.1, 0.15) is 31.2 Å². The molecule has 1 aromatic rings. The molecular weight excluding hydrogens is 304 g/mol. The van der Waals surface area contributed by atoms with Crippen molar-refractivity contribution in [2.24, 2.45) is 23.5 Å². The molecule has 0 spiro atoms. The molecule has 1 heterocycles. The Morgan fingerprint density at radius 2 is 2.00 bits per heavy atom. The molecule has 4 rings (SSSR count). The third kappa shape index (κ3) is 3.09. The molecule has 4 atom stereocenters. The lowest BCUT2D eigenvalue weighted by Gasteiger charge is -2.37. The molecule has 3 N–H and O–H groups in total. The number of hydrogen-bond donors (Lipinski definition) is 2. The van der Waals surface area contributed by atoms with Crippen LogP contribution < -0.4 is 20.5 Å². The van der Waals surface area contributed by atoms with Crippen molar-refractivity contribution in [2.45, 2.75) is 38.1 Å². The normalized spacial score (nSPS) is 30.9. The minimum absolute atomic E-state index is 0.164. The van der Waals surface area contributed by atoms with Crippen LogP contribution in [-0.4, -0.2) is 31.7 Å². The summed E-state index contributed by atoms with van der Waals surface area (Å²) in [5.74, 6) is 3.28. The lowest BCUT2D eigenvalue weighted by Crippen LogP contribution is -2.44. The lowest BCUT2D eigenvalue weighted by molar-refractivity contribution is -0.124. The highest BCUT2D eigenvalue weighted by Gasteiger charge is 2.47. The third-order valence-corrected chi connectivity index (χ3v) is 5.77. The van der Waals surface area contributed by atoms with Crippen molar-refractivity contribution in [1.29, 1.82) is 0 Å². The van der Waals surface area contributed by atoms with Gasteiger partial charge < -0.3 is 20.5 Å². The summed E-state index contributed by atoms with van der Waals surface area (Å²) in [4.78, 5) is 12.3. The maximum Gasteiger partial charge on any atom is 0.223 e. The molecule has 1 unspecified atom stereocenters. The molecule has 24 heavy (non-hydrogen) atoms. The Hall–Kier alpha value is -1.75. The van der Waals surface area contributed by atoms with Crippen LogP contribution in [0.15, 0.2) is 18.2 Å². The van der Waals surface area contributed by atoms with Crippen molar-refractivity contribution < 1.29 is 14.3 Å². The van der Waals surface area contributed by atoms with Gasteiger partial charge >= 0.3 is 0 Å². The minimum atomic E-state index is 0.164. The van der Waals surface area contributed by atoms with Crippen LogP contribution >= 0.6 is 0 Å². The van der Waals surface area contributed by atoms with Crippen molar-refractivity contribution in [3.05, 3.63) is 23.8 Å². The predicted molar refractivity (Wildman–Crippen MR) is 91.1 cm³/mol. The van der Waals surface area contributed by atoms with Crippen molar-refractivity contribution in [3.63, 3.8) is 0 Å².